The number of nitrogens with zero attached hydrogens (tertiary/aromatic N) is 3. The zero-order valence-corrected chi connectivity index (χ0v) is 17.7. The fourth-order valence-corrected chi connectivity index (χ4v) is 3.54. The van der Waals surface area contributed by atoms with Gasteiger partial charge < -0.3 is 9.47 Å². The smallest absolute Gasteiger partial charge is 0.410 e. The van der Waals surface area contributed by atoms with Crippen LogP contribution >= 0.6 is 0 Å². The van der Waals surface area contributed by atoms with Crippen molar-refractivity contribution in [1.82, 2.24) is 14.9 Å². The number of likely N-dealkylation sites (N-methyl/N-ethyl adjacent to an activating group) is 1. The lowest BCUT2D eigenvalue weighted by Crippen LogP contribution is -2.50. The Labute approximate surface area is 175 Å². The lowest BCUT2D eigenvalue weighted by Gasteiger charge is -2.34. The molecule has 1 amide bonds. The number of alkyl halides is 2. The van der Waals surface area contributed by atoms with Crippen molar-refractivity contribution >= 4 is 12.1 Å². The monoisotopic (exact) mass is 420 g/mol. The number of hydrogen-bond donors (Lipinski definition) is 0. The molecule has 9 heteroatoms. The van der Waals surface area contributed by atoms with Gasteiger partial charge in [-0.2, -0.15) is 0 Å². The minimum atomic E-state index is -3.37. The van der Waals surface area contributed by atoms with Crippen LogP contribution in [-0.2, 0) is 14.3 Å². The number of halogens is 2. The summed E-state index contributed by atoms with van der Waals surface area (Å²) >= 11 is 0. The molecule has 2 fully saturated rings. The maximum atomic E-state index is 15.1. The number of amides is 1. The zero-order valence-electron chi connectivity index (χ0n) is 20.7. The Morgan fingerprint density at radius 2 is 1.97 bits per heavy atom. The number of fused-ring (bicyclic) bond motifs is 1. The molecule has 2 heterocycles. The Balaban J connectivity index is 2.28. The predicted molar refractivity (Wildman–Crippen MR) is 104 cm³/mol. The van der Waals surface area contributed by atoms with Crippen molar-refractivity contribution in [3.8, 4) is 0 Å². The predicted octanol–water partition coefficient (Wildman–Crippen LogP) is 2.92. The van der Waals surface area contributed by atoms with Crippen LogP contribution in [0.1, 0.15) is 45.2 Å². The number of carbonyl (C=O) groups excluding carboxylic acids is 2. The Hall–Kier alpha value is -1.74. The highest BCUT2D eigenvalue weighted by Crippen LogP contribution is 2.42. The van der Waals surface area contributed by atoms with Crippen molar-refractivity contribution < 1.29 is 32.0 Å². The number of hydrazine groups is 1. The molecule has 0 aromatic carbocycles. The van der Waals surface area contributed by atoms with E-state index in [0.29, 0.717) is 0 Å². The lowest BCUT2D eigenvalue weighted by atomic mass is 9.89. The van der Waals surface area contributed by atoms with Crippen molar-refractivity contribution in [2.24, 2.45) is 5.41 Å². The number of rotatable bonds is 6. The van der Waals surface area contributed by atoms with E-state index in [2.05, 4.69) is 6.58 Å². The highest BCUT2D eigenvalue weighted by molar-refractivity contribution is 5.76. The molecule has 29 heavy (non-hydrogen) atoms. The summed E-state index contributed by atoms with van der Waals surface area (Å²) in [4.78, 5) is 25.8. The van der Waals surface area contributed by atoms with Crippen LogP contribution in [0.5, 0.6) is 0 Å². The molecule has 0 aromatic rings. The van der Waals surface area contributed by atoms with E-state index in [1.54, 1.807) is 34.6 Å². The van der Waals surface area contributed by atoms with E-state index in [0.717, 1.165) is 14.9 Å². The average molecular weight is 421 g/mol. The van der Waals surface area contributed by atoms with Crippen LogP contribution in [0, 0.1) is 5.41 Å². The summed E-state index contributed by atoms with van der Waals surface area (Å²) in [5.74, 6) is -3.91. The van der Waals surface area contributed by atoms with Crippen LogP contribution < -0.4 is 0 Å². The van der Waals surface area contributed by atoms with E-state index in [-0.39, 0.29) is 26.1 Å². The van der Waals surface area contributed by atoms with Gasteiger partial charge in [-0.15, -0.1) is 0 Å². The van der Waals surface area contributed by atoms with Crippen LogP contribution in [-0.4, -0.2) is 83.8 Å². The van der Waals surface area contributed by atoms with Crippen molar-refractivity contribution in [3.63, 3.8) is 0 Å². The maximum Gasteiger partial charge on any atom is 0.410 e. The summed E-state index contributed by atoms with van der Waals surface area (Å²) in [7, 11) is 0. The molecule has 2 atom stereocenters. The molecule has 0 radical (unpaired) electrons. The van der Waals surface area contributed by atoms with E-state index >= 15 is 8.78 Å². The number of esters is 1. The van der Waals surface area contributed by atoms with Gasteiger partial charge in [-0.05, 0) is 41.0 Å². The van der Waals surface area contributed by atoms with Crippen LogP contribution in [0.3, 0.4) is 0 Å². The number of hydrogen-bond acceptors (Lipinski definition) is 6. The van der Waals surface area contributed by atoms with Gasteiger partial charge in [0.2, 0.25) is 0 Å². The highest BCUT2D eigenvalue weighted by atomic mass is 19.3. The largest absolute Gasteiger partial charge is 0.461 e. The molecule has 0 saturated carbocycles. The molecule has 2 saturated heterocycles. The van der Waals surface area contributed by atoms with Gasteiger partial charge >= 0.3 is 12.1 Å². The SMILES string of the molecule is [2H]C([2H])([2H])N1C[C@@H]2[C@H](N1CCC(C)(C)C(=O)OCC=C)C(F)(F)CN2C(=O)OC(C)(C)C. The average Bonchev–Trinajstić information content (AvgIpc) is 3.12. The fourth-order valence-electron chi connectivity index (χ4n) is 3.54. The van der Waals surface area contributed by atoms with Crippen molar-refractivity contribution in [2.75, 3.05) is 33.2 Å². The van der Waals surface area contributed by atoms with Gasteiger partial charge in [-0.3, -0.25) is 9.69 Å². The molecule has 2 aliphatic rings. The lowest BCUT2D eigenvalue weighted by molar-refractivity contribution is -0.154. The Morgan fingerprint density at radius 1 is 1.31 bits per heavy atom. The first kappa shape index (κ1) is 19.2. The summed E-state index contributed by atoms with van der Waals surface area (Å²) in [5.41, 5.74) is -1.93. The van der Waals surface area contributed by atoms with Gasteiger partial charge in [-0.25, -0.2) is 23.6 Å². The normalized spacial score (nSPS) is 27.0. The van der Waals surface area contributed by atoms with Crippen LogP contribution in [0.2, 0.25) is 0 Å². The molecule has 7 nitrogen and oxygen atoms in total. The maximum absolute atomic E-state index is 15.1. The molecule has 166 valence electrons. The van der Waals surface area contributed by atoms with E-state index in [1.807, 2.05) is 0 Å². The molecule has 0 aromatic heterocycles. The van der Waals surface area contributed by atoms with Crippen LogP contribution in [0.25, 0.3) is 0 Å². The summed E-state index contributed by atoms with van der Waals surface area (Å²) in [6, 6.07) is -2.62. The van der Waals surface area contributed by atoms with Gasteiger partial charge in [0.15, 0.2) is 0 Å². The molecule has 2 rings (SSSR count). The summed E-state index contributed by atoms with van der Waals surface area (Å²) in [6.45, 7) is 7.58. The van der Waals surface area contributed by atoms with Gasteiger partial charge in [0, 0.05) is 24.2 Å². The number of likely N-dealkylation sites (tertiary alicyclic amines) is 1. The molecule has 0 unspecified atom stereocenters. The molecule has 0 bridgehead atoms. The Bertz CT molecular complexity index is 741. The number of ether oxygens (including phenoxy) is 2. The van der Waals surface area contributed by atoms with E-state index in [9.17, 15) is 9.59 Å². The Kier molecular flexibility index (Phi) is 5.43. The van der Waals surface area contributed by atoms with Crippen molar-refractivity contribution in [1.29, 1.82) is 0 Å². The summed E-state index contributed by atoms with van der Waals surface area (Å²) in [6.07, 6.45) is 0.575. The third kappa shape index (κ3) is 5.25. The minimum absolute atomic E-state index is 0.0149. The van der Waals surface area contributed by atoms with E-state index in [4.69, 9.17) is 13.6 Å². The third-order valence-electron chi connectivity index (χ3n) is 5.05. The zero-order chi connectivity index (χ0) is 24.7. The standard InChI is InChI=1S/C20H33F2N3O4/c1-8-11-28-16(26)19(5,6)9-10-25-15-14(12-23(25)7)24(13-20(15,21)22)17(27)29-18(2,3)4/h8,14-15H,1,9-13H2,2-7H3/t14-,15+/m1/s1/i7D3. The fraction of sp³-hybridized carbons (Fsp3) is 0.800. The van der Waals surface area contributed by atoms with E-state index in [1.165, 1.54) is 6.08 Å². The molecular weight excluding hydrogens is 384 g/mol. The molecular formula is C20H33F2N3O4. The van der Waals surface area contributed by atoms with Crippen LogP contribution in [0.4, 0.5) is 13.6 Å². The van der Waals surface area contributed by atoms with E-state index < -0.39 is 54.6 Å². The van der Waals surface area contributed by atoms with Gasteiger partial charge in [0.25, 0.3) is 5.92 Å². The quantitative estimate of drug-likeness (QED) is 0.486. The highest BCUT2D eigenvalue weighted by Gasteiger charge is 2.63. The van der Waals surface area contributed by atoms with Gasteiger partial charge in [-0.1, -0.05) is 12.7 Å². The first-order chi connectivity index (χ1) is 14.4. The summed E-state index contributed by atoms with van der Waals surface area (Å²) in [5, 5.41) is 1.97. The van der Waals surface area contributed by atoms with Gasteiger partial charge in [0.1, 0.15) is 18.2 Å². The second-order valence-corrected chi connectivity index (χ2v) is 9.15. The second kappa shape index (κ2) is 8.18. The van der Waals surface area contributed by atoms with Crippen molar-refractivity contribution in [3.05, 3.63) is 12.7 Å². The number of carbonyl (C=O) groups is 2. The first-order valence-corrected chi connectivity index (χ1v) is 9.60. The van der Waals surface area contributed by atoms with Crippen LogP contribution in [0.15, 0.2) is 12.7 Å². The second-order valence-electron chi connectivity index (χ2n) is 9.15. The molecule has 2 aliphatic heterocycles. The first-order valence-electron chi connectivity index (χ1n) is 11.1. The minimum Gasteiger partial charge on any atom is -0.461 e. The summed E-state index contributed by atoms with van der Waals surface area (Å²) < 4.78 is 64.0. The molecule has 0 spiro atoms. The topological polar surface area (TPSA) is 62.3 Å². The van der Waals surface area contributed by atoms with Crippen molar-refractivity contribution in [2.45, 2.75) is 64.6 Å². The molecule has 0 aliphatic carbocycles. The Morgan fingerprint density at radius 3 is 2.52 bits per heavy atom. The third-order valence-corrected chi connectivity index (χ3v) is 5.05. The van der Waals surface area contributed by atoms with Gasteiger partial charge in [0.05, 0.1) is 18.0 Å². The molecule has 0 N–H and O–H groups in total.